The molecule has 0 spiro atoms. The lowest BCUT2D eigenvalue weighted by Crippen LogP contribution is -3.12. The number of fused-ring (bicyclic) bond motifs is 1. The van der Waals surface area contributed by atoms with Crippen molar-refractivity contribution >= 4 is 55.5 Å². The van der Waals surface area contributed by atoms with Crippen LogP contribution in [0, 0.1) is 0 Å². The Morgan fingerprint density at radius 3 is 2.76 bits per heavy atom. The van der Waals surface area contributed by atoms with Gasteiger partial charge in [0.1, 0.15) is 0 Å². The van der Waals surface area contributed by atoms with E-state index >= 15 is 0 Å². The first kappa shape index (κ1) is 18.3. The summed E-state index contributed by atoms with van der Waals surface area (Å²) in [6.07, 6.45) is 0. The van der Waals surface area contributed by atoms with Crippen LogP contribution in [-0.2, 0) is 0 Å². The molecule has 1 amide bonds. The summed E-state index contributed by atoms with van der Waals surface area (Å²) in [5.41, 5.74) is 0.878. The molecule has 0 saturated carbocycles. The molecule has 3 aromatic rings. The molecule has 7 heteroatoms. The van der Waals surface area contributed by atoms with E-state index in [-0.39, 0.29) is 5.91 Å². The van der Waals surface area contributed by atoms with Crippen LogP contribution in [0.4, 0.5) is 5.13 Å². The molecule has 2 heterocycles. The molecule has 4 nitrogen and oxygen atoms in total. The Labute approximate surface area is 160 Å². The first-order chi connectivity index (χ1) is 12.1. The van der Waals surface area contributed by atoms with Crippen LogP contribution in [0.15, 0.2) is 35.7 Å². The molecule has 0 unspecified atom stereocenters. The lowest BCUT2D eigenvalue weighted by atomic mass is 10.3. The van der Waals surface area contributed by atoms with Gasteiger partial charge in [0.15, 0.2) is 5.13 Å². The van der Waals surface area contributed by atoms with Crippen LogP contribution >= 0.6 is 34.3 Å². The molecule has 0 aliphatic rings. The summed E-state index contributed by atoms with van der Waals surface area (Å²) in [6.45, 7) is 8.00. The summed E-state index contributed by atoms with van der Waals surface area (Å²) in [5.74, 6) is 0.0201. The Bertz CT molecular complexity index is 843. The topological polar surface area (TPSA) is 37.6 Å². The number of hydrogen-bond acceptors (Lipinski definition) is 4. The second kappa shape index (κ2) is 8.27. The third kappa shape index (κ3) is 4.20. The van der Waals surface area contributed by atoms with Crippen molar-refractivity contribution in [1.82, 2.24) is 4.98 Å². The Morgan fingerprint density at radius 1 is 1.28 bits per heavy atom. The number of likely N-dealkylation sites (N-methyl/N-ethyl adjacent to an activating group) is 1. The first-order valence-electron chi connectivity index (χ1n) is 8.37. The van der Waals surface area contributed by atoms with Crippen LogP contribution in [-0.4, -0.2) is 37.1 Å². The molecule has 25 heavy (non-hydrogen) atoms. The fraction of sp³-hybridized carbons (Fsp3) is 0.333. The van der Waals surface area contributed by atoms with Gasteiger partial charge in [0, 0.05) is 5.02 Å². The van der Waals surface area contributed by atoms with Crippen molar-refractivity contribution in [2.24, 2.45) is 0 Å². The number of nitrogens with zero attached hydrogens (tertiary/aromatic N) is 2. The molecule has 1 aromatic carbocycles. The second-order valence-corrected chi connectivity index (χ2v) is 8.14. The predicted molar refractivity (Wildman–Crippen MR) is 108 cm³/mol. The summed E-state index contributed by atoms with van der Waals surface area (Å²) in [4.78, 5) is 21.7. The fourth-order valence-electron chi connectivity index (χ4n) is 2.69. The Balaban J connectivity index is 1.92. The summed E-state index contributed by atoms with van der Waals surface area (Å²) in [7, 11) is 0. The lowest BCUT2D eigenvalue weighted by Gasteiger charge is -2.22. The zero-order valence-corrected chi connectivity index (χ0v) is 16.7. The maximum Gasteiger partial charge on any atom is 0.270 e. The van der Waals surface area contributed by atoms with E-state index in [4.69, 9.17) is 11.6 Å². The number of hydrogen-bond donors (Lipinski definition) is 1. The van der Waals surface area contributed by atoms with Gasteiger partial charge >= 0.3 is 0 Å². The molecule has 0 aliphatic heterocycles. The van der Waals surface area contributed by atoms with E-state index < -0.39 is 0 Å². The minimum absolute atomic E-state index is 0.0201. The van der Waals surface area contributed by atoms with Gasteiger partial charge < -0.3 is 4.90 Å². The highest BCUT2D eigenvalue weighted by Crippen LogP contribution is 2.31. The van der Waals surface area contributed by atoms with Crippen molar-refractivity contribution in [3.8, 4) is 0 Å². The van der Waals surface area contributed by atoms with Crippen molar-refractivity contribution in [1.29, 1.82) is 0 Å². The summed E-state index contributed by atoms with van der Waals surface area (Å²) in [5, 5.41) is 3.35. The Morgan fingerprint density at radius 2 is 2.08 bits per heavy atom. The number of amides is 1. The van der Waals surface area contributed by atoms with E-state index in [2.05, 4.69) is 18.8 Å². The zero-order chi connectivity index (χ0) is 17.8. The van der Waals surface area contributed by atoms with E-state index in [1.54, 1.807) is 0 Å². The molecular weight excluding hydrogens is 374 g/mol. The number of benzene rings is 1. The monoisotopic (exact) mass is 394 g/mol. The molecule has 3 rings (SSSR count). The number of anilines is 1. The van der Waals surface area contributed by atoms with Gasteiger partial charge in [0.25, 0.3) is 5.91 Å². The highest BCUT2D eigenvalue weighted by molar-refractivity contribution is 7.22. The lowest BCUT2D eigenvalue weighted by molar-refractivity contribution is -0.894. The normalized spacial score (nSPS) is 11.4. The van der Waals surface area contributed by atoms with Crippen LogP contribution in [0.5, 0.6) is 0 Å². The molecule has 1 N–H and O–H groups in total. The van der Waals surface area contributed by atoms with Crippen LogP contribution < -0.4 is 9.80 Å². The zero-order valence-electron chi connectivity index (χ0n) is 14.3. The van der Waals surface area contributed by atoms with Crippen LogP contribution in [0.2, 0.25) is 5.02 Å². The number of carbonyl (C=O) groups is 1. The first-order valence-corrected chi connectivity index (χ1v) is 10.4. The van der Waals surface area contributed by atoms with E-state index in [0.717, 1.165) is 39.9 Å². The van der Waals surface area contributed by atoms with E-state index in [1.807, 2.05) is 40.6 Å². The average Bonchev–Trinajstić information content (AvgIpc) is 3.27. The SMILES string of the molecule is CC[NH+](CC)CCN(C(=O)c1cccs1)c1nc2ccc(Cl)cc2s1. The molecule has 0 fully saturated rings. The summed E-state index contributed by atoms with van der Waals surface area (Å²) >= 11 is 9.07. The van der Waals surface area contributed by atoms with E-state index in [0.29, 0.717) is 11.6 Å². The number of thiophene rings is 1. The average molecular weight is 395 g/mol. The maximum atomic E-state index is 13.0. The van der Waals surface area contributed by atoms with Crippen molar-refractivity contribution in [2.45, 2.75) is 13.8 Å². The highest BCUT2D eigenvalue weighted by atomic mass is 35.5. The summed E-state index contributed by atoms with van der Waals surface area (Å²) in [6, 6.07) is 9.42. The van der Waals surface area contributed by atoms with Crippen molar-refractivity contribution in [3.63, 3.8) is 0 Å². The maximum absolute atomic E-state index is 13.0. The standard InChI is InChI=1S/C18H20ClN3OS2/c1-3-21(4-2)9-10-22(17(23)15-6-5-11-24-15)18-20-14-8-7-13(19)12-16(14)25-18/h5-8,11-12H,3-4,9-10H2,1-2H3/p+1. The number of nitrogens with one attached hydrogen (secondary N) is 1. The van der Waals surface area contributed by atoms with Gasteiger partial charge in [0.05, 0.1) is 41.3 Å². The number of rotatable bonds is 7. The number of thiazole rings is 1. The van der Waals surface area contributed by atoms with Crippen LogP contribution in [0.1, 0.15) is 23.5 Å². The van der Waals surface area contributed by atoms with Crippen LogP contribution in [0.25, 0.3) is 10.2 Å². The van der Waals surface area contributed by atoms with Gasteiger partial charge in [-0.3, -0.25) is 9.69 Å². The number of aromatic nitrogens is 1. The summed E-state index contributed by atoms with van der Waals surface area (Å²) < 4.78 is 1.00. The molecule has 2 aromatic heterocycles. The second-order valence-electron chi connectivity index (χ2n) is 5.75. The highest BCUT2D eigenvalue weighted by Gasteiger charge is 2.23. The van der Waals surface area contributed by atoms with Crippen LogP contribution in [0.3, 0.4) is 0 Å². The molecule has 0 aliphatic carbocycles. The van der Waals surface area contributed by atoms with Gasteiger partial charge in [-0.15, -0.1) is 11.3 Å². The molecule has 0 radical (unpaired) electrons. The fourth-order valence-corrected chi connectivity index (χ4v) is 4.63. The quantitative estimate of drug-likeness (QED) is 0.665. The molecule has 0 saturated heterocycles. The Hall–Kier alpha value is -1.47. The molecule has 0 atom stereocenters. The van der Waals surface area contributed by atoms with E-state index in [9.17, 15) is 4.79 Å². The van der Waals surface area contributed by atoms with Gasteiger partial charge in [-0.25, -0.2) is 4.98 Å². The number of quaternary nitrogens is 1. The van der Waals surface area contributed by atoms with Crippen molar-refractivity contribution in [3.05, 3.63) is 45.6 Å². The minimum atomic E-state index is 0.0201. The van der Waals surface area contributed by atoms with Crippen molar-refractivity contribution < 1.29 is 9.69 Å². The Kier molecular flexibility index (Phi) is 6.06. The predicted octanol–water partition coefficient (Wildman–Crippen LogP) is 3.58. The van der Waals surface area contributed by atoms with Gasteiger partial charge in [-0.2, -0.15) is 0 Å². The number of halogens is 1. The molecule has 0 bridgehead atoms. The molecule has 132 valence electrons. The largest absolute Gasteiger partial charge is 0.334 e. The van der Waals surface area contributed by atoms with Gasteiger partial charge in [0.2, 0.25) is 0 Å². The van der Waals surface area contributed by atoms with E-state index in [1.165, 1.54) is 27.6 Å². The van der Waals surface area contributed by atoms with Gasteiger partial charge in [-0.1, -0.05) is 29.0 Å². The van der Waals surface area contributed by atoms with Gasteiger partial charge in [-0.05, 0) is 43.5 Å². The smallest absolute Gasteiger partial charge is 0.270 e. The molecular formula is C18H21ClN3OS2+. The minimum Gasteiger partial charge on any atom is -0.334 e. The third-order valence-electron chi connectivity index (χ3n) is 4.24. The number of carbonyl (C=O) groups excluding carboxylic acids is 1. The van der Waals surface area contributed by atoms with Crippen molar-refractivity contribution in [2.75, 3.05) is 31.1 Å². The third-order valence-corrected chi connectivity index (χ3v) is 6.37.